The highest BCUT2D eigenvalue weighted by molar-refractivity contribution is 5.49. The Balaban J connectivity index is 2.00. The maximum Gasteiger partial charge on any atom is 0.134 e. The van der Waals surface area contributed by atoms with Gasteiger partial charge < -0.3 is 15.3 Å². The van der Waals surface area contributed by atoms with E-state index in [4.69, 9.17) is 5.11 Å². The van der Waals surface area contributed by atoms with Crippen molar-refractivity contribution in [3.05, 3.63) is 11.9 Å². The summed E-state index contributed by atoms with van der Waals surface area (Å²) in [4.78, 5) is 10.7. The van der Waals surface area contributed by atoms with Gasteiger partial charge in [-0.1, -0.05) is 6.42 Å². The number of rotatable bonds is 6. The van der Waals surface area contributed by atoms with Crippen molar-refractivity contribution in [3.8, 4) is 0 Å². The molecule has 0 radical (unpaired) electrons. The number of aliphatic hydroxyl groups excluding tert-OH is 1. The second-order valence-corrected chi connectivity index (χ2v) is 4.98. The van der Waals surface area contributed by atoms with Gasteiger partial charge in [-0.3, -0.25) is 0 Å². The van der Waals surface area contributed by atoms with Crippen LogP contribution in [-0.4, -0.2) is 41.8 Å². The number of nitrogens with one attached hydrogen (secondary N) is 1. The Labute approximate surface area is 108 Å². The van der Waals surface area contributed by atoms with E-state index in [0.717, 1.165) is 29.9 Å². The first-order chi connectivity index (χ1) is 8.69. The molecular formula is C13H22N4O. The summed E-state index contributed by atoms with van der Waals surface area (Å²) in [6, 6.07) is 1.95. The molecule has 2 rings (SSSR count). The first-order valence-corrected chi connectivity index (χ1v) is 6.60. The zero-order valence-electron chi connectivity index (χ0n) is 11.2. The third-order valence-corrected chi connectivity index (χ3v) is 3.45. The molecule has 100 valence electrons. The van der Waals surface area contributed by atoms with Gasteiger partial charge in [-0.15, -0.1) is 0 Å². The predicted molar refractivity (Wildman–Crippen MR) is 73.0 cm³/mol. The first kappa shape index (κ1) is 13.1. The van der Waals surface area contributed by atoms with Crippen LogP contribution in [0.3, 0.4) is 0 Å². The minimum absolute atomic E-state index is 0.129. The number of nitrogens with zero attached hydrogens (tertiary/aromatic N) is 3. The van der Waals surface area contributed by atoms with E-state index in [1.807, 2.05) is 24.9 Å². The van der Waals surface area contributed by atoms with E-state index >= 15 is 0 Å². The van der Waals surface area contributed by atoms with E-state index in [9.17, 15) is 0 Å². The molecule has 1 aromatic heterocycles. The fraction of sp³-hybridized carbons (Fsp3) is 0.692. The van der Waals surface area contributed by atoms with Crippen molar-refractivity contribution < 1.29 is 5.11 Å². The lowest BCUT2D eigenvalue weighted by Crippen LogP contribution is -2.24. The van der Waals surface area contributed by atoms with Crippen LogP contribution in [0.1, 0.15) is 25.1 Å². The Morgan fingerprint density at radius 3 is 2.83 bits per heavy atom. The van der Waals surface area contributed by atoms with Crippen molar-refractivity contribution in [2.75, 3.05) is 37.0 Å². The molecule has 5 nitrogen and oxygen atoms in total. The SMILES string of the molecule is Cc1nc(NCC2CCC2)cc(N(C)CCO)n1. The molecule has 0 bridgehead atoms. The topological polar surface area (TPSA) is 61.3 Å². The van der Waals surface area contributed by atoms with Gasteiger partial charge in [0.05, 0.1) is 6.61 Å². The van der Waals surface area contributed by atoms with Crippen LogP contribution < -0.4 is 10.2 Å². The van der Waals surface area contributed by atoms with Crippen molar-refractivity contribution in [2.24, 2.45) is 5.92 Å². The van der Waals surface area contributed by atoms with Crippen LogP contribution in [0.2, 0.25) is 0 Å². The quantitative estimate of drug-likeness (QED) is 0.799. The molecule has 1 aromatic rings. The number of aryl methyl sites for hydroxylation is 1. The second kappa shape index (κ2) is 6.00. The zero-order valence-corrected chi connectivity index (χ0v) is 11.2. The van der Waals surface area contributed by atoms with Gasteiger partial charge in [-0.2, -0.15) is 0 Å². The minimum Gasteiger partial charge on any atom is -0.395 e. The average Bonchev–Trinajstić information content (AvgIpc) is 2.26. The van der Waals surface area contributed by atoms with Crippen molar-refractivity contribution in [2.45, 2.75) is 26.2 Å². The lowest BCUT2D eigenvalue weighted by molar-refractivity contribution is 0.304. The monoisotopic (exact) mass is 250 g/mol. The van der Waals surface area contributed by atoms with Crippen LogP contribution >= 0.6 is 0 Å². The summed E-state index contributed by atoms with van der Waals surface area (Å²) in [6.07, 6.45) is 4.02. The Hall–Kier alpha value is -1.36. The maximum atomic E-state index is 8.95. The zero-order chi connectivity index (χ0) is 13.0. The normalized spacial score (nSPS) is 15.3. The first-order valence-electron chi connectivity index (χ1n) is 6.60. The van der Waals surface area contributed by atoms with Gasteiger partial charge in [-0.25, -0.2) is 9.97 Å². The summed E-state index contributed by atoms with van der Waals surface area (Å²) < 4.78 is 0. The molecule has 0 amide bonds. The number of likely N-dealkylation sites (N-methyl/N-ethyl adjacent to an activating group) is 1. The summed E-state index contributed by atoms with van der Waals surface area (Å²) in [7, 11) is 1.92. The van der Waals surface area contributed by atoms with Crippen molar-refractivity contribution in [1.29, 1.82) is 0 Å². The molecule has 0 saturated heterocycles. The van der Waals surface area contributed by atoms with Crippen molar-refractivity contribution >= 4 is 11.6 Å². The van der Waals surface area contributed by atoms with Crippen LogP contribution in [0, 0.1) is 12.8 Å². The van der Waals surface area contributed by atoms with Crippen LogP contribution in [-0.2, 0) is 0 Å². The van der Waals surface area contributed by atoms with E-state index < -0.39 is 0 Å². The van der Waals surface area contributed by atoms with E-state index in [-0.39, 0.29) is 6.61 Å². The van der Waals surface area contributed by atoms with Crippen LogP contribution in [0.15, 0.2) is 6.07 Å². The summed E-state index contributed by atoms with van der Waals surface area (Å²) in [5, 5.41) is 12.3. The predicted octanol–water partition coefficient (Wildman–Crippen LogP) is 1.43. The van der Waals surface area contributed by atoms with Gasteiger partial charge in [0.15, 0.2) is 0 Å². The molecule has 1 saturated carbocycles. The number of hydrogen-bond donors (Lipinski definition) is 2. The molecule has 0 aromatic carbocycles. The van der Waals surface area contributed by atoms with Crippen LogP contribution in [0.4, 0.5) is 11.6 Å². The van der Waals surface area contributed by atoms with Gasteiger partial charge in [0.2, 0.25) is 0 Å². The molecule has 0 aliphatic heterocycles. The summed E-state index contributed by atoms with van der Waals surface area (Å²) in [6.45, 7) is 3.60. The van der Waals surface area contributed by atoms with Gasteiger partial charge in [0.1, 0.15) is 17.5 Å². The summed E-state index contributed by atoms with van der Waals surface area (Å²) >= 11 is 0. The molecule has 1 aliphatic rings. The van der Waals surface area contributed by atoms with E-state index in [2.05, 4.69) is 15.3 Å². The lowest BCUT2D eigenvalue weighted by atomic mass is 9.85. The molecule has 0 spiro atoms. The maximum absolute atomic E-state index is 8.95. The lowest BCUT2D eigenvalue weighted by Gasteiger charge is -2.26. The van der Waals surface area contributed by atoms with Crippen molar-refractivity contribution in [1.82, 2.24) is 9.97 Å². The van der Waals surface area contributed by atoms with Crippen LogP contribution in [0.25, 0.3) is 0 Å². The smallest absolute Gasteiger partial charge is 0.134 e. The molecule has 0 unspecified atom stereocenters. The Bertz CT molecular complexity index is 393. The summed E-state index contributed by atoms with van der Waals surface area (Å²) in [5.74, 6) is 3.30. The summed E-state index contributed by atoms with van der Waals surface area (Å²) in [5.41, 5.74) is 0. The second-order valence-electron chi connectivity index (χ2n) is 4.98. The molecule has 0 atom stereocenters. The van der Waals surface area contributed by atoms with E-state index in [1.54, 1.807) is 0 Å². The fourth-order valence-electron chi connectivity index (χ4n) is 2.05. The third-order valence-electron chi connectivity index (χ3n) is 3.45. The van der Waals surface area contributed by atoms with E-state index in [0.29, 0.717) is 6.54 Å². The molecule has 1 heterocycles. The van der Waals surface area contributed by atoms with Gasteiger partial charge >= 0.3 is 0 Å². The average molecular weight is 250 g/mol. The Morgan fingerprint density at radius 1 is 1.44 bits per heavy atom. The number of aliphatic hydroxyl groups is 1. The molecular weight excluding hydrogens is 228 g/mol. The molecule has 2 N–H and O–H groups in total. The van der Waals surface area contributed by atoms with Gasteiger partial charge in [0.25, 0.3) is 0 Å². The van der Waals surface area contributed by atoms with Crippen LogP contribution in [0.5, 0.6) is 0 Å². The molecule has 5 heteroatoms. The highest BCUT2D eigenvalue weighted by Crippen LogP contribution is 2.26. The molecule has 18 heavy (non-hydrogen) atoms. The highest BCUT2D eigenvalue weighted by atomic mass is 16.3. The Morgan fingerprint density at radius 2 is 2.22 bits per heavy atom. The van der Waals surface area contributed by atoms with Gasteiger partial charge in [-0.05, 0) is 25.7 Å². The fourth-order valence-corrected chi connectivity index (χ4v) is 2.05. The molecule has 1 aliphatic carbocycles. The van der Waals surface area contributed by atoms with Crippen molar-refractivity contribution in [3.63, 3.8) is 0 Å². The number of hydrogen-bond acceptors (Lipinski definition) is 5. The third kappa shape index (κ3) is 3.32. The standard InChI is InChI=1S/C13H22N4O/c1-10-15-12(14-9-11-4-3-5-11)8-13(16-10)17(2)6-7-18/h8,11,18H,3-7,9H2,1-2H3,(H,14,15,16). The van der Waals surface area contributed by atoms with Gasteiger partial charge in [0, 0.05) is 26.2 Å². The highest BCUT2D eigenvalue weighted by Gasteiger charge is 2.17. The molecule has 1 fully saturated rings. The van der Waals surface area contributed by atoms with E-state index in [1.165, 1.54) is 19.3 Å². The number of anilines is 2. The minimum atomic E-state index is 0.129. The Kier molecular flexibility index (Phi) is 4.36. The largest absolute Gasteiger partial charge is 0.395 e. The number of aromatic nitrogens is 2.